The predicted molar refractivity (Wildman–Crippen MR) is 128 cm³/mol. The molecule has 1 saturated carbocycles. The molecule has 1 aliphatic carbocycles. The Bertz CT molecular complexity index is 403. The average molecular weight is 408 g/mol. The highest BCUT2D eigenvalue weighted by Gasteiger charge is 2.32. The van der Waals surface area contributed by atoms with Crippen molar-refractivity contribution in [3.05, 3.63) is 0 Å². The Balaban J connectivity index is 1.85. The molecule has 0 saturated heterocycles. The van der Waals surface area contributed by atoms with Gasteiger partial charge in [-0.1, -0.05) is 118 Å². The lowest BCUT2D eigenvalue weighted by molar-refractivity contribution is -0.122. The van der Waals surface area contributed by atoms with E-state index in [1.54, 1.807) is 0 Å². The first-order chi connectivity index (χ1) is 13.9. The molecule has 0 heterocycles. The molecule has 1 amide bonds. The molecule has 29 heavy (non-hydrogen) atoms. The molecule has 172 valence electrons. The molecule has 0 bridgehead atoms. The highest BCUT2D eigenvalue weighted by atomic mass is 16.1. The van der Waals surface area contributed by atoms with Gasteiger partial charge in [-0.15, -0.1) is 0 Å². The third-order valence-corrected chi connectivity index (χ3v) is 6.76. The normalized spacial score (nSPS) is 21.2. The summed E-state index contributed by atoms with van der Waals surface area (Å²) in [6, 6.07) is 0.401. The number of amides is 1. The molecular weight excluding hydrogens is 354 g/mol. The molecule has 0 aliphatic heterocycles. The molecule has 0 spiro atoms. The summed E-state index contributed by atoms with van der Waals surface area (Å²) in [5, 5.41) is 3.32. The van der Waals surface area contributed by atoms with E-state index >= 15 is 0 Å². The average Bonchev–Trinajstić information content (AvgIpc) is 2.63. The smallest absolute Gasteiger partial charge is 0.220 e. The Morgan fingerprint density at radius 3 is 1.66 bits per heavy atom. The van der Waals surface area contributed by atoms with Crippen molar-refractivity contribution in [2.75, 3.05) is 0 Å². The van der Waals surface area contributed by atoms with E-state index in [2.05, 4.69) is 33.0 Å². The van der Waals surface area contributed by atoms with Gasteiger partial charge in [-0.25, -0.2) is 0 Å². The lowest BCUT2D eigenvalue weighted by atomic mass is 9.70. The van der Waals surface area contributed by atoms with Crippen LogP contribution in [0.2, 0.25) is 0 Å². The first kappa shape index (κ1) is 26.5. The van der Waals surface area contributed by atoms with Crippen LogP contribution in [0.1, 0.15) is 150 Å². The Kier molecular flexibility index (Phi) is 14.8. The fourth-order valence-corrected chi connectivity index (χ4v) is 5.41. The zero-order chi connectivity index (χ0) is 21.4. The maximum absolute atomic E-state index is 12.3. The predicted octanol–water partition coefficient (Wildman–Crippen LogP) is 8.58. The van der Waals surface area contributed by atoms with Crippen LogP contribution in [0.15, 0.2) is 0 Å². The second kappa shape index (κ2) is 16.2. The molecule has 2 heteroatoms. The van der Waals surface area contributed by atoms with Crippen molar-refractivity contribution >= 4 is 5.91 Å². The summed E-state index contributed by atoms with van der Waals surface area (Å²) in [6.07, 6.45) is 24.9. The van der Waals surface area contributed by atoms with E-state index < -0.39 is 0 Å². The van der Waals surface area contributed by atoms with Gasteiger partial charge in [0.2, 0.25) is 5.91 Å². The molecular formula is C27H53NO. The van der Waals surface area contributed by atoms with Crippen molar-refractivity contribution in [1.82, 2.24) is 5.32 Å². The molecule has 2 atom stereocenters. The van der Waals surface area contributed by atoms with E-state index in [4.69, 9.17) is 0 Å². The van der Waals surface area contributed by atoms with Gasteiger partial charge in [0.1, 0.15) is 0 Å². The Labute approximate surface area is 183 Å². The van der Waals surface area contributed by atoms with Gasteiger partial charge >= 0.3 is 0 Å². The first-order valence-corrected chi connectivity index (χ1v) is 13.2. The minimum absolute atomic E-state index is 0.287. The van der Waals surface area contributed by atoms with Crippen molar-refractivity contribution in [2.24, 2.45) is 11.3 Å². The summed E-state index contributed by atoms with van der Waals surface area (Å²) in [4.78, 5) is 12.3. The lowest BCUT2D eigenvalue weighted by Gasteiger charge is -2.39. The molecule has 1 fully saturated rings. The summed E-state index contributed by atoms with van der Waals surface area (Å²) < 4.78 is 0. The Morgan fingerprint density at radius 1 is 0.759 bits per heavy atom. The monoisotopic (exact) mass is 407 g/mol. The van der Waals surface area contributed by atoms with E-state index in [9.17, 15) is 4.79 Å². The van der Waals surface area contributed by atoms with Crippen molar-refractivity contribution in [3.63, 3.8) is 0 Å². The topological polar surface area (TPSA) is 29.1 Å². The quantitative estimate of drug-likeness (QED) is 0.240. The zero-order valence-corrected chi connectivity index (χ0v) is 20.5. The maximum atomic E-state index is 12.3. The van der Waals surface area contributed by atoms with Gasteiger partial charge < -0.3 is 5.32 Å². The van der Waals surface area contributed by atoms with Crippen LogP contribution in [0.5, 0.6) is 0 Å². The third kappa shape index (κ3) is 15.0. The van der Waals surface area contributed by atoms with E-state index in [-0.39, 0.29) is 5.91 Å². The Hall–Kier alpha value is -0.530. The fraction of sp³-hybridized carbons (Fsp3) is 0.963. The maximum Gasteiger partial charge on any atom is 0.220 e. The molecule has 0 aromatic rings. The van der Waals surface area contributed by atoms with Gasteiger partial charge in [0.25, 0.3) is 0 Å². The Morgan fingerprint density at radius 2 is 1.21 bits per heavy atom. The number of rotatable bonds is 17. The standard InChI is InChI=1S/C27H53NO/c1-5-6-7-8-9-10-11-12-13-14-15-16-17-18-19-20-26(29)28-25-21-24(2)22-27(3,4)23-25/h24-25H,5-23H2,1-4H3,(H,28,29). The van der Waals surface area contributed by atoms with E-state index in [0.717, 1.165) is 31.6 Å². The zero-order valence-electron chi connectivity index (χ0n) is 20.5. The van der Waals surface area contributed by atoms with E-state index in [0.29, 0.717) is 11.5 Å². The van der Waals surface area contributed by atoms with Gasteiger partial charge in [-0.05, 0) is 37.0 Å². The highest BCUT2D eigenvalue weighted by molar-refractivity contribution is 5.76. The summed E-state index contributed by atoms with van der Waals surface area (Å²) in [7, 11) is 0. The van der Waals surface area contributed by atoms with Crippen LogP contribution >= 0.6 is 0 Å². The van der Waals surface area contributed by atoms with Crippen LogP contribution in [0.3, 0.4) is 0 Å². The third-order valence-electron chi connectivity index (χ3n) is 6.76. The van der Waals surface area contributed by atoms with Gasteiger partial charge in [-0.2, -0.15) is 0 Å². The number of hydrogen-bond acceptors (Lipinski definition) is 1. The number of carbonyl (C=O) groups excluding carboxylic acids is 1. The van der Waals surface area contributed by atoms with Crippen LogP contribution in [-0.4, -0.2) is 11.9 Å². The van der Waals surface area contributed by atoms with Gasteiger partial charge in [0.05, 0.1) is 0 Å². The molecule has 1 rings (SSSR count). The molecule has 2 nitrogen and oxygen atoms in total. The summed E-state index contributed by atoms with van der Waals surface area (Å²) in [6.45, 7) is 9.30. The molecule has 0 aromatic heterocycles. The van der Waals surface area contributed by atoms with Gasteiger partial charge in [0.15, 0.2) is 0 Å². The van der Waals surface area contributed by atoms with Gasteiger partial charge in [0, 0.05) is 12.5 Å². The van der Waals surface area contributed by atoms with Crippen LogP contribution in [0.25, 0.3) is 0 Å². The second-order valence-electron chi connectivity index (χ2n) is 10.9. The molecule has 1 aliphatic rings. The largest absolute Gasteiger partial charge is 0.353 e. The minimum atomic E-state index is 0.287. The minimum Gasteiger partial charge on any atom is -0.353 e. The number of unbranched alkanes of at least 4 members (excludes halogenated alkanes) is 14. The molecule has 0 aromatic carbocycles. The summed E-state index contributed by atoms with van der Waals surface area (Å²) in [5.41, 5.74) is 0.379. The van der Waals surface area contributed by atoms with Crippen LogP contribution in [0, 0.1) is 11.3 Å². The van der Waals surface area contributed by atoms with E-state index in [1.807, 2.05) is 0 Å². The van der Waals surface area contributed by atoms with Crippen molar-refractivity contribution in [2.45, 2.75) is 156 Å². The second-order valence-corrected chi connectivity index (χ2v) is 10.9. The SMILES string of the molecule is CCCCCCCCCCCCCCCCCC(=O)NC1CC(C)CC(C)(C)C1. The van der Waals surface area contributed by atoms with Crippen molar-refractivity contribution < 1.29 is 4.79 Å². The van der Waals surface area contributed by atoms with Crippen molar-refractivity contribution in [1.29, 1.82) is 0 Å². The highest BCUT2D eigenvalue weighted by Crippen LogP contribution is 2.38. The molecule has 0 radical (unpaired) electrons. The fourth-order valence-electron chi connectivity index (χ4n) is 5.41. The van der Waals surface area contributed by atoms with E-state index in [1.165, 1.54) is 96.3 Å². The van der Waals surface area contributed by atoms with Gasteiger partial charge in [-0.3, -0.25) is 4.79 Å². The molecule has 1 N–H and O–H groups in total. The van der Waals surface area contributed by atoms with Crippen LogP contribution < -0.4 is 5.32 Å². The number of nitrogens with one attached hydrogen (secondary N) is 1. The summed E-state index contributed by atoms with van der Waals surface area (Å²) in [5.74, 6) is 1.02. The number of carbonyl (C=O) groups is 1. The van der Waals surface area contributed by atoms with Crippen LogP contribution in [0.4, 0.5) is 0 Å². The van der Waals surface area contributed by atoms with Crippen molar-refractivity contribution in [3.8, 4) is 0 Å². The number of hydrogen-bond donors (Lipinski definition) is 1. The van der Waals surface area contributed by atoms with Crippen LogP contribution in [-0.2, 0) is 4.79 Å². The molecule has 2 unspecified atom stereocenters. The first-order valence-electron chi connectivity index (χ1n) is 13.2. The lowest BCUT2D eigenvalue weighted by Crippen LogP contribution is -2.42. The summed E-state index contributed by atoms with van der Waals surface area (Å²) >= 11 is 0.